The van der Waals surface area contributed by atoms with Crippen LogP contribution in [0.4, 0.5) is 11.4 Å². The van der Waals surface area contributed by atoms with E-state index < -0.39 is 0 Å². The number of nitrogens with zero attached hydrogens (tertiary/aromatic N) is 1. The number of imide groups is 1. The second kappa shape index (κ2) is 8.29. The number of halogens is 1. The van der Waals surface area contributed by atoms with Crippen molar-refractivity contribution in [3.05, 3.63) is 98.7 Å². The molecule has 0 radical (unpaired) electrons. The maximum Gasteiger partial charge on any atom is 0.282 e. The first-order valence-corrected chi connectivity index (χ1v) is 10.9. The average Bonchev–Trinajstić information content (AvgIpc) is 2.96. The van der Waals surface area contributed by atoms with E-state index in [0.29, 0.717) is 27.5 Å². The molecule has 4 nitrogen and oxygen atoms in total. The first kappa shape index (κ1) is 21.8. The SMILES string of the molecule is Cc1cc(C)cc(N2C(=O)C(Nc3cc(Cl)ccc3C)=C(c3ccc(C)c(C)c3)C2=O)c1. The summed E-state index contributed by atoms with van der Waals surface area (Å²) in [6.07, 6.45) is 0. The van der Waals surface area contributed by atoms with Crippen molar-refractivity contribution >= 4 is 40.4 Å². The molecule has 1 heterocycles. The zero-order chi connectivity index (χ0) is 23.2. The van der Waals surface area contributed by atoms with Crippen molar-refractivity contribution in [2.24, 2.45) is 0 Å². The summed E-state index contributed by atoms with van der Waals surface area (Å²) in [7, 11) is 0. The molecule has 2 amide bonds. The van der Waals surface area contributed by atoms with Gasteiger partial charge in [-0.2, -0.15) is 0 Å². The van der Waals surface area contributed by atoms with Crippen LogP contribution < -0.4 is 10.2 Å². The zero-order valence-corrected chi connectivity index (χ0v) is 19.6. The number of hydrogen-bond acceptors (Lipinski definition) is 3. The van der Waals surface area contributed by atoms with Gasteiger partial charge in [0.2, 0.25) is 0 Å². The van der Waals surface area contributed by atoms with Crippen molar-refractivity contribution in [2.45, 2.75) is 34.6 Å². The van der Waals surface area contributed by atoms with Crippen LogP contribution in [0.25, 0.3) is 5.57 Å². The topological polar surface area (TPSA) is 49.4 Å². The molecule has 5 heteroatoms. The maximum atomic E-state index is 13.7. The smallest absolute Gasteiger partial charge is 0.282 e. The van der Waals surface area contributed by atoms with Crippen LogP contribution >= 0.6 is 11.6 Å². The molecule has 1 aliphatic heterocycles. The van der Waals surface area contributed by atoms with Gasteiger partial charge in [-0.15, -0.1) is 0 Å². The lowest BCUT2D eigenvalue weighted by Gasteiger charge is -2.17. The van der Waals surface area contributed by atoms with Gasteiger partial charge in [0.05, 0.1) is 11.3 Å². The highest BCUT2D eigenvalue weighted by molar-refractivity contribution is 6.46. The summed E-state index contributed by atoms with van der Waals surface area (Å²) < 4.78 is 0. The van der Waals surface area contributed by atoms with Gasteiger partial charge >= 0.3 is 0 Å². The van der Waals surface area contributed by atoms with Crippen molar-refractivity contribution < 1.29 is 9.59 Å². The molecule has 0 saturated heterocycles. The minimum absolute atomic E-state index is 0.253. The molecule has 0 aromatic heterocycles. The van der Waals surface area contributed by atoms with Crippen LogP contribution in [0.1, 0.15) is 33.4 Å². The molecule has 0 aliphatic carbocycles. The Kier molecular flexibility index (Phi) is 5.66. The van der Waals surface area contributed by atoms with Crippen LogP contribution in [-0.2, 0) is 9.59 Å². The fourth-order valence-corrected chi connectivity index (χ4v) is 4.16. The van der Waals surface area contributed by atoms with E-state index in [-0.39, 0.29) is 17.5 Å². The fourth-order valence-electron chi connectivity index (χ4n) is 3.99. The molecule has 0 saturated carbocycles. The Morgan fingerprint density at radius 3 is 2.03 bits per heavy atom. The molecular formula is C27H25ClN2O2. The largest absolute Gasteiger partial charge is 0.350 e. The number of anilines is 2. The van der Waals surface area contributed by atoms with Gasteiger partial charge in [0.1, 0.15) is 5.70 Å². The Bertz CT molecular complexity index is 1290. The van der Waals surface area contributed by atoms with Gasteiger partial charge in [-0.1, -0.05) is 41.9 Å². The van der Waals surface area contributed by atoms with E-state index in [4.69, 9.17) is 11.6 Å². The van der Waals surface area contributed by atoms with E-state index in [9.17, 15) is 9.59 Å². The summed E-state index contributed by atoms with van der Waals surface area (Å²) in [4.78, 5) is 28.6. The van der Waals surface area contributed by atoms with Crippen molar-refractivity contribution in [3.63, 3.8) is 0 Å². The van der Waals surface area contributed by atoms with E-state index in [2.05, 4.69) is 5.32 Å². The highest BCUT2D eigenvalue weighted by atomic mass is 35.5. The van der Waals surface area contributed by atoms with Gasteiger partial charge in [-0.05, 0) is 92.3 Å². The first-order chi connectivity index (χ1) is 15.2. The molecule has 1 aliphatic rings. The van der Waals surface area contributed by atoms with Crippen LogP contribution in [0.2, 0.25) is 5.02 Å². The predicted octanol–water partition coefficient (Wildman–Crippen LogP) is 6.28. The van der Waals surface area contributed by atoms with Crippen LogP contribution in [0.5, 0.6) is 0 Å². The highest BCUT2D eigenvalue weighted by Crippen LogP contribution is 2.36. The molecule has 162 valence electrons. The third-order valence-electron chi connectivity index (χ3n) is 5.80. The number of aryl methyl sites for hydroxylation is 5. The molecule has 32 heavy (non-hydrogen) atoms. The number of rotatable bonds is 4. The Morgan fingerprint density at radius 2 is 1.38 bits per heavy atom. The minimum atomic E-state index is -0.382. The zero-order valence-electron chi connectivity index (χ0n) is 18.8. The number of hydrogen-bond donors (Lipinski definition) is 1. The molecule has 0 fully saturated rings. The maximum absolute atomic E-state index is 13.7. The van der Waals surface area contributed by atoms with E-state index >= 15 is 0 Å². The van der Waals surface area contributed by atoms with Crippen LogP contribution in [0.15, 0.2) is 60.3 Å². The third-order valence-corrected chi connectivity index (χ3v) is 6.04. The molecule has 0 atom stereocenters. The minimum Gasteiger partial charge on any atom is -0.350 e. The normalized spacial score (nSPS) is 13.9. The summed E-state index contributed by atoms with van der Waals surface area (Å²) in [5.41, 5.74) is 7.65. The summed E-state index contributed by atoms with van der Waals surface area (Å²) in [6.45, 7) is 9.85. The van der Waals surface area contributed by atoms with Crippen molar-refractivity contribution in [1.82, 2.24) is 0 Å². The summed E-state index contributed by atoms with van der Waals surface area (Å²) in [6, 6.07) is 17.0. The predicted molar refractivity (Wildman–Crippen MR) is 131 cm³/mol. The summed E-state index contributed by atoms with van der Waals surface area (Å²) >= 11 is 6.20. The number of nitrogens with one attached hydrogen (secondary N) is 1. The Hall–Kier alpha value is -3.37. The number of carbonyl (C=O) groups is 2. The lowest BCUT2D eigenvalue weighted by atomic mass is 9.99. The van der Waals surface area contributed by atoms with Gasteiger partial charge in [-0.3, -0.25) is 9.59 Å². The second-order valence-corrected chi connectivity index (χ2v) is 8.86. The molecule has 4 rings (SSSR count). The first-order valence-electron chi connectivity index (χ1n) is 10.5. The Morgan fingerprint density at radius 1 is 0.719 bits per heavy atom. The summed E-state index contributed by atoms with van der Waals surface area (Å²) in [5.74, 6) is -0.724. The van der Waals surface area contributed by atoms with Gasteiger partial charge in [0.15, 0.2) is 0 Å². The number of carbonyl (C=O) groups excluding carboxylic acids is 2. The molecule has 0 unspecified atom stereocenters. The highest BCUT2D eigenvalue weighted by Gasteiger charge is 2.40. The van der Waals surface area contributed by atoms with Crippen molar-refractivity contribution in [3.8, 4) is 0 Å². The number of benzene rings is 3. The monoisotopic (exact) mass is 444 g/mol. The number of amides is 2. The molecule has 1 N–H and O–H groups in total. The van der Waals surface area contributed by atoms with Gasteiger partial charge < -0.3 is 5.32 Å². The lowest BCUT2D eigenvalue weighted by Crippen LogP contribution is -2.32. The molecular weight excluding hydrogens is 420 g/mol. The van der Waals surface area contributed by atoms with Crippen LogP contribution in [0.3, 0.4) is 0 Å². The third kappa shape index (κ3) is 3.94. The van der Waals surface area contributed by atoms with Gasteiger partial charge in [-0.25, -0.2) is 4.90 Å². The van der Waals surface area contributed by atoms with E-state index in [0.717, 1.165) is 27.8 Å². The molecule has 0 bridgehead atoms. The van der Waals surface area contributed by atoms with Gasteiger partial charge in [0.25, 0.3) is 11.8 Å². The lowest BCUT2D eigenvalue weighted by molar-refractivity contribution is -0.120. The van der Waals surface area contributed by atoms with Gasteiger partial charge in [0, 0.05) is 10.7 Å². The second-order valence-electron chi connectivity index (χ2n) is 8.42. The average molecular weight is 445 g/mol. The van der Waals surface area contributed by atoms with E-state index in [1.165, 1.54) is 4.90 Å². The molecule has 0 spiro atoms. The van der Waals surface area contributed by atoms with E-state index in [1.54, 1.807) is 12.1 Å². The Balaban J connectivity index is 1.89. The fraction of sp³-hybridized carbons (Fsp3) is 0.185. The van der Waals surface area contributed by atoms with E-state index in [1.807, 2.05) is 77.1 Å². The Labute approximate surface area is 193 Å². The summed E-state index contributed by atoms with van der Waals surface area (Å²) in [5, 5.41) is 3.78. The molecule has 3 aromatic rings. The van der Waals surface area contributed by atoms with Crippen molar-refractivity contribution in [1.29, 1.82) is 0 Å². The van der Waals surface area contributed by atoms with Crippen LogP contribution in [0, 0.1) is 34.6 Å². The van der Waals surface area contributed by atoms with Crippen LogP contribution in [-0.4, -0.2) is 11.8 Å². The standard InChI is InChI=1S/C27H25ClN2O2/c1-15-10-16(2)12-22(11-15)30-26(31)24(20-8-6-17(3)19(5)13-20)25(27(30)32)29-23-14-21(28)9-7-18(23)4/h6-14,29H,1-5H3. The quantitative estimate of drug-likeness (QED) is 0.482. The molecule has 3 aromatic carbocycles. The van der Waals surface area contributed by atoms with Crippen molar-refractivity contribution in [2.75, 3.05) is 10.2 Å².